The van der Waals surface area contributed by atoms with Crippen molar-refractivity contribution in [2.24, 2.45) is 0 Å². The summed E-state index contributed by atoms with van der Waals surface area (Å²) in [5, 5.41) is 3.64. The Morgan fingerprint density at radius 3 is 2.34 bits per heavy atom. The molecule has 0 radical (unpaired) electrons. The summed E-state index contributed by atoms with van der Waals surface area (Å²) in [6.45, 7) is 5.25. The van der Waals surface area contributed by atoms with E-state index in [2.05, 4.69) is 27.3 Å². The van der Waals surface area contributed by atoms with Crippen LogP contribution in [0.4, 0.5) is 5.82 Å². The van der Waals surface area contributed by atoms with Gasteiger partial charge in [-0.25, -0.2) is 4.98 Å². The predicted octanol–water partition coefficient (Wildman–Crippen LogP) is 4.55. The van der Waals surface area contributed by atoms with Gasteiger partial charge >= 0.3 is 0 Å². The van der Waals surface area contributed by atoms with Crippen LogP contribution in [0.2, 0.25) is 5.02 Å². The highest BCUT2D eigenvalue weighted by atomic mass is 35.5. The number of carbonyl (C=O) groups excluding carboxylic acids is 2. The van der Waals surface area contributed by atoms with Gasteiger partial charge in [-0.2, -0.15) is 0 Å². The van der Waals surface area contributed by atoms with Crippen LogP contribution in [0.15, 0.2) is 72.9 Å². The number of pyridine rings is 1. The maximum atomic E-state index is 12.9. The number of rotatable bonds is 8. The van der Waals surface area contributed by atoms with E-state index in [0.29, 0.717) is 43.3 Å². The highest BCUT2D eigenvalue weighted by Gasteiger charge is 2.26. The number of piperazine rings is 1. The number of amides is 2. The van der Waals surface area contributed by atoms with Crippen molar-refractivity contribution in [2.45, 2.75) is 25.7 Å². The zero-order valence-electron chi connectivity index (χ0n) is 20.0. The first-order valence-corrected chi connectivity index (χ1v) is 12.5. The minimum absolute atomic E-state index is 0.108. The Hall–Kier alpha value is -3.38. The van der Waals surface area contributed by atoms with Crippen molar-refractivity contribution in [3.63, 3.8) is 0 Å². The van der Waals surface area contributed by atoms with Crippen molar-refractivity contribution in [3.8, 4) is 0 Å². The van der Waals surface area contributed by atoms with Crippen molar-refractivity contribution >= 4 is 29.2 Å². The third-order valence-electron chi connectivity index (χ3n) is 6.44. The van der Waals surface area contributed by atoms with Crippen LogP contribution in [-0.4, -0.2) is 54.4 Å². The normalized spacial score (nSPS) is 14.5. The fourth-order valence-corrected chi connectivity index (χ4v) is 4.40. The summed E-state index contributed by atoms with van der Waals surface area (Å²) < 4.78 is 0. The average molecular weight is 491 g/mol. The predicted molar refractivity (Wildman–Crippen MR) is 140 cm³/mol. The van der Waals surface area contributed by atoms with Gasteiger partial charge in [0.25, 0.3) is 5.91 Å². The molecule has 182 valence electrons. The monoisotopic (exact) mass is 490 g/mol. The number of nitrogens with one attached hydrogen (secondary N) is 1. The van der Waals surface area contributed by atoms with Crippen LogP contribution in [0.5, 0.6) is 0 Å². The summed E-state index contributed by atoms with van der Waals surface area (Å²) in [6.07, 6.45) is 3.45. The Balaban J connectivity index is 1.23. The number of hydrogen-bond donors (Lipinski definition) is 1. The smallest absolute Gasteiger partial charge is 0.252 e. The van der Waals surface area contributed by atoms with Crippen LogP contribution in [0, 0.1) is 0 Å². The van der Waals surface area contributed by atoms with E-state index >= 15 is 0 Å². The third-order valence-corrected chi connectivity index (χ3v) is 6.69. The van der Waals surface area contributed by atoms with Crippen molar-refractivity contribution in [1.82, 2.24) is 15.2 Å². The molecule has 6 nitrogen and oxygen atoms in total. The molecule has 0 bridgehead atoms. The van der Waals surface area contributed by atoms with Gasteiger partial charge < -0.3 is 15.1 Å². The molecule has 2 heterocycles. The molecule has 1 fully saturated rings. The fourth-order valence-electron chi connectivity index (χ4n) is 4.27. The van der Waals surface area contributed by atoms with Gasteiger partial charge in [-0.15, -0.1) is 0 Å². The van der Waals surface area contributed by atoms with Crippen molar-refractivity contribution in [1.29, 1.82) is 0 Å². The van der Waals surface area contributed by atoms with Gasteiger partial charge in [0.05, 0.1) is 11.5 Å². The summed E-state index contributed by atoms with van der Waals surface area (Å²) in [6, 6.07) is 21.4. The van der Waals surface area contributed by atoms with E-state index in [-0.39, 0.29) is 17.7 Å². The molecule has 4 rings (SSSR count). The van der Waals surface area contributed by atoms with Gasteiger partial charge in [-0.3, -0.25) is 9.59 Å². The summed E-state index contributed by atoms with van der Waals surface area (Å²) in [7, 11) is 0. The van der Waals surface area contributed by atoms with Gasteiger partial charge in [0, 0.05) is 43.9 Å². The number of aryl methyl sites for hydroxylation is 1. The second kappa shape index (κ2) is 11.8. The van der Waals surface area contributed by atoms with E-state index in [0.717, 1.165) is 24.2 Å². The van der Waals surface area contributed by atoms with E-state index in [1.807, 2.05) is 66.4 Å². The molecule has 2 amide bonds. The standard InChI is InChI=1S/C28H31ClN4O2/c1-21(23-9-12-25(29)13-10-23)28(35)33-18-16-32(17-19-33)26-14-11-24(20-31-26)27(34)30-15-5-8-22-6-3-2-4-7-22/h2-4,6-7,9-14,20-21H,5,8,15-19H2,1H3,(H,30,34). The molecule has 1 unspecified atom stereocenters. The third kappa shape index (κ3) is 6.61. The summed E-state index contributed by atoms with van der Waals surface area (Å²) in [5.41, 5.74) is 2.80. The van der Waals surface area contributed by atoms with Crippen LogP contribution in [0.25, 0.3) is 0 Å². The maximum Gasteiger partial charge on any atom is 0.252 e. The number of carbonyl (C=O) groups is 2. The Labute approximate surface area is 211 Å². The molecule has 2 aromatic carbocycles. The molecule has 1 saturated heterocycles. The van der Waals surface area contributed by atoms with E-state index in [1.165, 1.54) is 5.56 Å². The van der Waals surface area contributed by atoms with Crippen molar-refractivity contribution in [3.05, 3.63) is 94.6 Å². The van der Waals surface area contributed by atoms with Crippen LogP contribution in [0.1, 0.15) is 40.7 Å². The summed E-state index contributed by atoms with van der Waals surface area (Å²) >= 11 is 5.97. The summed E-state index contributed by atoms with van der Waals surface area (Å²) in [5.74, 6) is 0.633. The van der Waals surface area contributed by atoms with Gasteiger partial charge in [-0.05, 0) is 55.2 Å². The number of hydrogen-bond acceptors (Lipinski definition) is 4. The molecule has 1 N–H and O–H groups in total. The summed E-state index contributed by atoms with van der Waals surface area (Å²) in [4.78, 5) is 34.0. The number of nitrogens with zero attached hydrogens (tertiary/aromatic N) is 3. The molecule has 0 saturated carbocycles. The SMILES string of the molecule is CC(C(=O)N1CCN(c2ccc(C(=O)NCCCc3ccccc3)cn2)CC1)c1ccc(Cl)cc1. The average Bonchev–Trinajstić information content (AvgIpc) is 2.91. The molecule has 7 heteroatoms. The minimum Gasteiger partial charge on any atom is -0.353 e. The molecule has 1 aliphatic rings. The second-order valence-electron chi connectivity index (χ2n) is 8.84. The van der Waals surface area contributed by atoms with Crippen LogP contribution >= 0.6 is 11.6 Å². The lowest BCUT2D eigenvalue weighted by Crippen LogP contribution is -2.50. The van der Waals surface area contributed by atoms with Gasteiger partial charge in [0.15, 0.2) is 0 Å². The minimum atomic E-state index is -0.206. The Bertz CT molecular complexity index is 1110. The van der Waals surface area contributed by atoms with Gasteiger partial charge in [-0.1, -0.05) is 54.1 Å². The quantitative estimate of drug-likeness (QED) is 0.470. The molecular weight excluding hydrogens is 460 g/mol. The molecule has 0 aliphatic carbocycles. The molecule has 1 aromatic heterocycles. The Kier molecular flexibility index (Phi) is 8.37. The van der Waals surface area contributed by atoms with Crippen LogP contribution in [0.3, 0.4) is 0 Å². The second-order valence-corrected chi connectivity index (χ2v) is 9.27. The topological polar surface area (TPSA) is 65.5 Å². The van der Waals surface area contributed by atoms with Gasteiger partial charge in [0.1, 0.15) is 5.82 Å². The lowest BCUT2D eigenvalue weighted by atomic mass is 9.99. The van der Waals surface area contributed by atoms with Crippen molar-refractivity contribution in [2.75, 3.05) is 37.6 Å². The molecule has 3 aromatic rings. The number of anilines is 1. The highest BCUT2D eigenvalue weighted by molar-refractivity contribution is 6.30. The fraction of sp³-hybridized carbons (Fsp3) is 0.321. The maximum absolute atomic E-state index is 12.9. The van der Waals surface area contributed by atoms with Gasteiger partial charge in [0.2, 0.25) is 5.91 Å². The highest BCUT2D eigenvalue weighted by Crippen LogP contribution is 2.22. The van der Waals surface area contributed by atoms with E-state index in [4.69, 9.17) is 11.6 Å². The molecule has 0 spiro atoms. The first-order valence-electron chi connectivity index (χ1n) is 12.1. The molecule has 1 atom stereocenters. The zero-order chi connectivity index (χ0) is 24.6. The Morgan fingerprint density at radius 1 is 0.971 bits per heavy atom. The van der Waals surface area contributed by atoms with E-state index in [1.54, 1.807) is 6.20 Å². The van der Waals surface area contributed by atoms with E-state index in [9.17, 15) is 9.59 Å². The lowest BCUT2D eigenvalue weighted by Gasteiger charge is -2.36. The van der Waals surface area contributed by atoms with Crippen LogP contribution in [-0.2, 0) is 11.2 Å². The number of benzene rings is 2. The zero-order valence-corrected chi connectivity index (χ0v) is 20.7. The first-order chi connectivity index (χ1) is 17.0. The number of aromatic nitrogens is 1. The van der Waals surface area contributed by atoms with Crippen LogP contribution < -0.4 is 10.2 Å². The lowest BCUT2D eigenvalue weighted by molar-refractivity contribution is -0.132. The van der Waals surface area contributed by atoms with E-state index < -0.39 is 0 Å². The number of halogens is 1. The molecular formula is C28H31ClN4O2. The molecule has 35 heavy (non-hydrogen) atoms. The Morgan fingerprint density at radius 2 is 1.69 bits per heavy atom. The molecule has 1 aliphatic heterocycles. The largest absolute Gasteiger partial charge is 0.353 e. The first kappa shape index (κ1) is 24.7. The van der Waals surface area contributed by atoms with Crippen molar-refractivity contribution < 1.29 is 9.59 Å².